The molecule has 0 spiro atoms. The molecule has 4 heterocycles. The first-order valence-corrected chi connectivity index (χ1v) is 23.9. The van der Waals surface area contributed by atoms with Gasteiger partial charge in [0.1, 0.15) is 24.7 Å². The molecule has 12 rings (SSSR count). The molecule has 0 N–H and O–H groups in total. The lowest BCUT2D eigenvalue weighted by atomic mass is 9.71. The first kappa shape index (κ1) is 40.6. The maximum atomic E-state index is 6.98. The molecule has 0 radical (unpaired) electrons. The number of pyridine rings is 2. The summed E-state index contributed by atoms with van der Waals surface area (Å²) in [6.45, 7) is 4.37. The Balaban J connectivity index is 0.957. The van der Waals surface area contributed by atoms with Gasteiger partial charge in [0.15, 0.2) is 10.1 Å². The highest BCUT2D eigenvalue weighted by molar-refractivity contribution is 7.15. The van der Waals surface area contributed by atoms with Crippen molar-refractivity contribution in [2.45, 2.75) is 24.7 Å². The Kier molecular flexibility index (Phi) is 9.98. The highest BCUT2D eigenvalue weighted by atomic mass is 32.1. The largest absolute Gasteiger partial charge is 0.481 e. The van der Waals surface area contributed by atoms with Crippen LogP contribution in [0.15, 0.2) is 182 Å². The Bertz CT molecular complexity index is 3380. The minimum atomic E-state index is -0.631. The number of hydrogen-bond acceptors (Lipinski definition) is 7. The van der Waals surface area contributed by atoms with Crippen molar-refractivity contribution >= 4 is 44.2 Å². The van der Waals surface area contributed by atoms with Crippen LogP contribution in [-0.2, 0) is 10.8 Å². The normalized spacial score (nSPS) is 16.2. The average Bonchev–Trinajstić information content (AvgIpc) is 4.17. The smallest absolute Gasteiger partial charge is 0.182 e. The molecule has 0 fully saturated rings. The van der Waals surface area contributed by atoms with Gasteiger partial charge in [-0.3, -0.25) is 9.97 Å². The van der Waals surface area contributed by atoms with Crippen molar-refractivity contribution < 1.29 is 14.2 Å². The molecule has 2 aliphatic rings. The van der Waals surface area contributed by atoms with Crippen LogP contribution in [-0.4, -0.2) is 23.2 Å². The summed E-state index contributed by atoms with van der Waals surface area (Å²) in [5.41, 5.74) is 10.0. The van der Waals surface area contributed by atoms with E-state index in [-0.39, 0.29) is 0 Å². The molecule has 0 saturated heterocycles. The standard InChI is InChI=1S/C60H40N2O3S2/c1-3-5-33-63-45-25-21-39-35-43(23-19-41(39)37-45)59(49-15-9-7-13-47(49)57-51(59)17-11-31-61-57)53-27-29-55(66-53)65-56-30-28-54(67-56)60(50-16-10-8-14-48(50)58-52(60)18-12-32-62-58)44-24-20-42-38-46(64-34-6-4-2)26-22-40(42)36-44/h7-32,35-38H,33-34H2,1-2H3. The van der Waals surface area contributed by atoms with E-state index in [1.807, 2.05) is 38.4 Å². The van der Waals surface area contributed by atoms with E-state index in [1.165, 1.54) is 11.1 Å². The molecule has 6 aromatic carbocycles. The fourth-order valence-corrected chi connectivity index (χ4v) is 12.6. The monoisotopic (exact) mass is 900 g/mol. The molecule has 4 aromatic heterocycles. The van der Waals surface area contributed by atoms with E-state index in [1.54, 1.807) is 22.7 Å². The molecule has 5 nitrogen and oxygen atoms in total. The maximum Gasteiger partial charge on any atom is 0.182 e. The van der Waals surface area contributed by atoms with Gasteiger partial charge in [-0.1, -0.05) is 109 Å². The van der Waals surface area contributed by atoms with Crippen LogP contribution in [0.4, 0.5) is 0 Å². The zero-order chi connectivity index (χ0) is 45.0. The molecular weight excluding hydrogens is 861 g/mol. The summed E-state index contributed by atoms with van der Waals surface area (Å²) in [5, 5.41) is 6.08. The predicted octanol–water partition coefficient (Wildman–Crippen LogP) is 14.2. The topological polar surface area (TPSA) is 53.5 Å². The molecule has 2 aliphatic carbocycles. The summed E-state index contributed by atoms with van der Waals surface area (Å²) in [6, 6.07) is 60.8. The quantitative estimate of drug-likeness (QED) is 0.128. The number of fused-ring (bicyclic) bond motifs is 8. The van der Waals surface area contributed by atoms with Crippen LogP contribution >= 0.6 is 22.7 Å². The van der Waals surface area contributed by atoms with Crippen LogP contribution in [0, 0.1) is 23.7 Å². The molecule has 2 atom stereocenters. The van der Waals surface area contributed by atoms with E-state index >= 15 is 0 Å². The third-order valence-corrected chi connectivity index (χ3v) is 15.3. The van der Waals surface area contributed by atoms with Crippen molar-refractivity contribution in [2.24, 2.45) is 0 Å². The predicted molar refractivity (Wildman–Crippen MR) is 272 cm³/mol. The van der Waals surface area contributed by atoms with Crippen molar-refractivity contribution in [1.82, 2.24) is 9.97 Å². The molecule has 0 saturated carbocycles. The fourth-order valence-electron chi connectivity index (χ4n) is 10.3. The summed E-state index contributed by atoms with van der Waals surface area (Å²) >= 11 is 3.37. The van der Waals surface area contributed by atoms with Gasteiger partial charge in [-0.25, -0.2) is 0 Å². The number of rotatable bonds is 10. The van der Waals surface area contributed by atoms with Gasteiger partial charge >= 0.3 is 0 Å². The third kappa shape index (κ3) is 6.46. The van der Waals surface area contributed by atoms with Crippen LogP contribution in [0.1, 0.15) is 57.0 Å². The van der Waals surface area contributed by atoms with E-state index in [0.29, 0.717) is 13.2 Å². The Morgan fingerprint density at radius 2 is 0.881 bits per heavy atom. The third-order valence-electron chi connectivity index (χ3n) is 13.2. The number of hydrogen-bond donors (Lipinski definition) is 0. The number of ether oxygens (including phenoxy) is 3. The molecule has 10 aromatic rings. The number of thiophene rings is 2. The van der Waals surface area contributed by atoms with E-state index in [4.69, 9.17) is 24.2 Å². The summed E-state index contributed by atoms with van der Waals surface area (Å²) in [4.78, 5) is 12.3. The van der Waals surface area contributed by atoms with Crippen LogP contribution in [0.25, 0.3) is 44.1 Å². The molecule has 2 unspecified atom stereocenters. The molecule has 0 bridgehead atoms. The van der Waals surface area contributed by atoms with Crippen LogP contribution in [0.3, 0.4) is 0 Å². The fraction of sp³-hybridized carbons (Fsp3) is 0.100. The lowest BCUT2D eigenvalue weighted by Crippen LogP contribution is -2.27. The maximum absolute atomic E-state index is 6.98. The zero-order valence-corrected chi connectivity index (χ0v) is 38.3. The van der Waals surface area contributed by atoms with Crippen molar-refractivity contribution in [3.63, 3.8) is 0 Å². The molecule has 0 aliphatic heterocycles. The van der Waals surface area contributed by atoms with Crippen molar-refractivity contribution in [3.8, 4) is 67.8 Å². The van der Waals surface area contributed by atoms with Gasteiger partial charge in [-0.05, 0) is 142 Å². The lowest BCUT2D eigenvalue weighted by Gasteiger charge is -2.32. The number of nitrogens with zero attached hydrogens (tertiary/aromatic N) is 2. The second-order valence-corrected chi connectivity index (χ2v) is 18.7. The molecule has 67 heavy (non-hydrogen) atoms. The Morgan fingerprint density at radius 1 is 0.448 bits per heavy atom. The van der Waals surface area contributed by atoms with Gasteiger partial charge in [0, 0.05) is 33.3 Å². The molecule has 320 valence electrons. The summed E-state index contributed by atoms with van der Waals surface area (Å²) in [7, 11) is 0. The first-order valence-electron chi connectivity index (χ1n) is 22.2. The van der Waals surface area contributed by atoms with Crippen LogP contribution in [0.5, 0.6) is 21.6 Å². The number of aromatic nitrogens is 2. The van der Waals surface area contributed by atoms with E-state index in [0.717, 1.165) is 97.7 Å². The summed E-state index contributed by atoms with van der Waals surface area (Å²) < 4.78 is 18.9. The lowest BCUT2D eigenvalue weighted by molar-refractivity contribution is 0.370. The zero-order valence-electron chi connectivity index (χ0n) is 36.7. The van der Waals surface area contributed by atoms with Gasteiger partial charge in [0.05, 0.1) is 22.2 Å². The van der Waals surface area contributed by atoms with Gasteiger partial charge in [-0.2, -0.15) is 0 Å². The number of benzene rings is 6. The molecule has 0 amide bonds. The minimum absolute atomic E-state index is 0.359. The van der Waals surface area contributed by atoms with Gasteiger partial charge in [-0.15, -0.1) is 34.5 Å². The van der Waals surface area contributed by atoms with Crippen molar-refractivity contribution in [1.29, 1.82) is 0 Å². The van der Waals surface area contributed by atoms with Gasteiger partial charge in [0.25, 0.3) is 0 Å². The van der Waals surface area contributed by atoms with Crippen molar-refractivity contribution in [2.75, 3.05) is 13.2 Å². The van der Waals surface area contributed by atoms with Crippen molar-refractivity contribution in [3.05, 3.63) is 225 Å². The summed E-state index contributed by atoms with van der Waals surface area (Å²) in [6.07, 6.45) is 3.79. The first-order chi connectivity index (χ1) is 33.1. The van der Waals surface area contributed by atoms with E-state index in [9.17, 15) is 0 Å². The van der Waals surface area contributed by atoms with Gasteiger partial charge in [0.2, 0.25) is 0 Å². The van der Waals surface area contributed by atoms with Crippen LogP contribution < -0.4 is 14.2 Å². The molecular formula is C60H40N2O3S2. The second kappa shape index (κ2) is 16.5. The van der Waals surface area contributed by atoms with Gasteiger partial charge < -0.3 is 14.2 Å². The average molecular weight is 901 g/mol. The second-order valence-electron chi connectivity index (χ2n) is 16.6. The highest BCUT2D eigenvalue weighted by Crippen LogP contribution is 2.60. The Labute approximate surface area is 397 Å². The summed E-state index contributed by atoms with van der Waals surface area (Å²) in [5.74, 6) is 13.4. The van der Waals surface area contributed by atoms with E-state index < -0.39 is 10.8 Å². The Hall–Kier alpha value is -7.94. The van der Waals surface area contributed by atoms with E-state index in [2.05, 4.69) is 181 Å². The minimum Gasteiger partial charge on any atom is -0.481 e. The Morgan fingerprint density at radius 3 is 1.36 bits per heavy atom. The molecule has 7 heteroatoms. The SMILES string of the molecule is CC#CCOc1ccc2cc(C3(c4ccc(Oc5ccc(C6(c7ccc8cc(OCC#CC)ccc8c7)c7ccccc7-c7ncccc76)s5)s4)c4ccccc4-c4ncccc43)ccc2c1. The van der Waals surface area contributed by atoms with Crippen LogP contribution in [0.2, 0.25) is 0 Å². The highest BCUT2D eigenvalue weighted by Gasteiger charge is 2.49.